The van der Waals surface area contributed by atoms with Gasteiger partial charge in [0.25, 0.3) is 0 Å². The maximum absolute atomic E-state index is 5.74. The van der Waals surface area contributed by atoms with Crippen molar-refractivity contribution in [2.24, 2.45) is 5.41 Å². The van der Waals surface area contributed by atoms with Crippen molar-refractivity contribution in [2.75, 3.05) is 0 Å². The molecular formula is C14H19NO. The van der Waals surface area contributed by atoms with Gasteiger partial charge in [0, 0.05) is 11.3 Å². The Bertz CT molecular complexity index is 406. The molecule has 1 aromatic rings. The van der Waals surface area contributed by atoms with Gasteiger partial charge >= 0.3 is 0 Å². The molecule has 86 valence electrons. The average molecular weight is 217 g/mol. The van der Waals surface area contributed by atoms with Crippen LogP contribution in [0.25, 0.3) is 12.2 Å². The van der Waals surface area contributed by atoms with E-state index in [1.54, 1.807) is 0 Å². The lowest BCUT2D eigenvalue weighted by molar-refractivity contribution is 0.463. The summed E-state index contributed by atoms with van der Waals surface area (Å²) in [5.41, 5.74) is 1.08. The van der Waals surface area contributed by atoms with Crippen LogP contribution in [0.4, 0.5) is 0 Å². The largest absolute Gasteiger partial charge is 0.440 e. The van der Waals surface area contributed by atoms with E-state index in [0.717, 1.165) is 23.8 Å². The van der Waals surface area contributed by atoms with Crippen molar-refractivity contribution in [3.8, 4) is 0 Å². The fraction of sp³-hybridized carbons (Fsp3) is 0.500. The summed E-state index contributed by atoms with van der Waals surface area (Å²) < 4.78 is 5.74. The van der Waals surface area contributed by atoms with Crippen molar-refractivity contribution in [1.82, 2.24) is 4.98 Å². The Hall–Kier alpha value is -1.31. The molecule has 0 radical (unpaired) electrons. The first kappa shape index (κ1) is 11.2. The maximum atomic E-state index is 5.74. The molecule has 2 rings (SSSR count). The van der Waals surface area contributed by atoms with Crippen LogP contribution in [0.2, 0.25) is 0 Å². The first-order valence-corrected chi connectivity index (χ1v) is 5.93. The highest BCUT2D eigenvalue weighted by molar-refractivity contribution is 5.62. The molecule has 0 spiro atoms. The van der Waals surface area contributed by atoms with E-state index in [-0.39, 0.29) is 5.41 Å². The second-order valence-corrected chi connectivity index (χ2v) is 4.98. The van der Waals surface area contributed by atoms with Crippen LogP contribution < -0.4 is 0 Å². The summed E-state index contributed by atoms with van der Waals surface area (Å²) in [4.78, 5) is 4.51. The highest BCUT2D eigenvalue weighted by Gasteiger charge is 2.20. The van der Waals surface area contributed by atoms with Gasteiger partial charge in [-0.2, -0.15) is 0 Å². The second kappa shape index (κ2) is 3.93. The minimum Gasteiger partial charge on any atom is -0.440 e. The molecule has 1 aromatic heterocycles. The third-order valence-electron chi connectivity index (χ3n) is 3.19. The van der Waals surface area contributed by atoms with Crippen LogP contribution in [-0.2, 0) is 0 Å². The Morgan fingerprint density at radius 2 is 2.00 bits per heavy atom. The summed E-state index contributed by atoms with van der Waals surface area (Å²) in [5, 5.41) is 0. The van der Waals surface area contributed by atoms with Crippen molar-refractivity contribution in [1.29, 1.82) is 0 Å². The third kappa shape index (κ3) is 1.97. The van der Waals surface area contributed by atoms with Crippen molar-refractivity contribution < 1.29 is 4.42 Å². The molecule has 0 saturated carbocycles. The molecule has 1 atom stereocenters. The predicted molar refractivity (Wildman–Crippen MR) is 67.1 cm³/mol. The van der Waals surface area contributed by atoms with Gasteiger partial charge in [-0.05, 0) is 18.6 Å². The van der Waals surface area contributed by atoms with Crippen LogP contribution in [0, 0.1) is 5.41 Å². The number of fused-ring (bicyclic) bond motifs is 1. The van der Waals surface area contributed by atoms with Gasteiger partial charge in [-0.1, -0.05) is 39.8 Å². The highest BCUT2D eigenvalue weighted by atomic mass is 16.4. The molecule has 1 aliphatic carbocycles. The van der Waals surface area contributed by atoms with Gasteiger partial charge in [0.1, 0.15) is 5.69 Å². The molecule has 1 unspecified atom stereocenters. The lowest BCUT2D eigenvalue weighted by Crippen LogP contribution is -2.05. The quantitative estimate of drug-likeness (QED) is 0.740. The van der Waals surface area contributed by atoms with Gasteiger partial charge in [0.2, 0.25) is 0 Å². The Balaban J connectivity index is 2.39. The number of hydrogen-bond acceptors (Lipinski definition) is 2. The zero-order chi connectivity index (χ0) is 11.8. The minimum atomic E-state index is 0.126. The Labute approximate surface area is 97.1 Å². The summed E-state index contributed by atoms with van der Waals surface area (Å²) in [7, 11) is 0. The lowest BCUT2D eigenvalue weighted by atomic mass is 9.87. The number of rotatable bonds is 2. The van der Waals surface area contributed by atoms with Gasteiger partial charge in [-0.25, -0.2) is 4.98 Å². The van der Waals surface area contributed by atoms with E-state index in [4.69, 9.17) is 4.42 Å². The van der Waals surface area contributed by atoms with E-state index >= 15 is 0 Å². The van der Waals surface area contributed by atoms with Crippen molar-refractivity contribution in [3.63, 3.8) is 0 Å². The minimum absolute atomic E-state index is 0.126. The molecule has 0 saturated heterocycles. The molecule has 0 amide bonds. The maximum Gasteiger partial charge on any atom is 0.198 e. The second-order valence-electron chi connectivity index (χ2n) is 4.98. The molecule has 0 fully saturated rings. The zero-order valence-corrected chi connectivity index (χ0v) is 10.4. The van der Waals surface area contributed by atoms with Gasteiger partial charge in [-0.3, -0.25) is 0 Å². The summed E-state index contributed by atoms with van der Waals surface area (Å²) in [6, 6.07) is 0. The number of allylic oxidation sites excluding steroid dienone is 2. The van der Waals surface area contributed by atoms with E-state index in [9.17, 15) is 0 Å². The molecule has 16 heavy (non-hydrogen) atoms. The fourth-order valence-corrected chi connectivity index (χ4v) is 1.67. The molecular weight excluding hydrogens is 198 g/mol. The Morgan fingerprint density at radius 1 is 1.31 bits per heavy atom. The predicted octanol–water partition coefficient (Wildman–Crippen LogP) is 4.25. The summed E-state index contributed by atoms with van der Waals surface area (Å²) in [6.07, 6.45) is 9.62. The summed E-state index contributed by atoms with van der Waals surface area (Å²) in [5.74, 6) is 2.04. The van der Waals surface area contributed by atoms with E-state index in [1.165, 1.54) is 0 Å². The van der Waals surface area contributed by atoms with Crippen LogP contribution in [0.3, 0.4) is 0 Å². The molecule has 2 nitrogen and oxygen atoms in total. The van der Waals surface area contributed by atoms with Gasteiger partial charge in [0.15, 0.2) is 11.7 Å². The summed E-state index contributed by atoms with van der Waals surface area (Å²) >= 11 is 0. The SMILES string of the molecule is CCC1(C)C=Cc2nc(C(C)C)oc2C=C1. The molecule has 0 bridgehead atoms. The number of oxazole rings is 1. The molecule has 1 aliphatic rings. The van der Waals surface area contributed by atoms with Crippen LogP contribution in [-0.4, -0.2) is 4.98 Å². The normalized spacial score (nSPS) is 23.6. The van der Waals surface area contributed by atoms with Crippen LogP contribution in [0.1, 0.15) is 57.4 Å². The summed E-state index contributed by atoms with van der Waals surface area (Å²) in [6.45, 7) is 8.59. The molecule has 0 aromatic carbocycles. The van der Waals surface area contributed by atoms with Crippen molar-refractivity contribution in [3.05, 3.63) is 29.5 Å². The lowest BCUT2D eigenvalue weighted by Gasteiger charge is -2.17. The van der Waals surface area contributed by atoms with E-state index in [1.807, 2.05) is 0 Å². The first-order chi connectivity index (χ1) is 7.54. The molecule has 2 heteroatoms. The monoisotopic (exact) mass is 217 g/mol. The third-order valence-corrected chi connectivity index (χ3v) is 3.19. The van der Waals surface area contributed by atoms with Gasteiger partial charge in [0.05, 0.1) is 0 Å². The van der Waals surface area contributed by atoms with E-state index in [2.05, 4.69) is 57.0 Å². The number of aromatic nitrogens is 1. The molecule has 0 aliphatic heterocycles. The van der Waals surface area contributed by atoms with Crippen LogP contribution in [0.15, 0.2) is 16.6 Å². The van der Waals surface area contributed by atoms with E-state index < -0.39 is 0 Å². The van der Waals surface area contributed by atoms with Gasteiger partial charge < -0.3 is 4.42 Å². The van der Waals surface area contributed by atoms with Gasteiger partial charge in [-0.15, -0.1) is 0 Å². The van der Waals surface area contributed by atoms with E-state index in [0.29, 0.717) is 5.92 Å². The zero-order valence-electron chi connectivity index (χ0n) is 10.4. The van der Waals surface area contributed by atoms with Crippen molar-refractivity contribution in [2.45, 2.75) is 40.0 Å². The number of hydrogen-bond donors (Lipinski definition) is 0. The smallest absolute Gasteiger partial charge is 0.198 e. The standard InChI is InChI=1S/C14H19NO/c1-5-14(4)8-6-11-12(7-9-14)16-13(15-11)10(2)3/h6-10H,5H2,1-4H3. The highest BCUT2D eigenvalue weighted by Crippen LogP contribution is 2.32. The Kier molecular flexibility index (Phi) is 2.75. The fourth-order valence-electron chi connectivity index (χ4n) is 1.67. The molecule has 0 N–H and O–H groups in total. The topological polar surface area (TPSA) is 26.0 Å². The first-order valence-electron chi connectivity index (χ1n) is 5.93. The number of nitrogens with zero attached hydrogens (tertiary/aromatic N) is 1. The Morgan fingerprint density at radius 3 is 2.62 bits per heavy atom. The van der Waals surface area contributed by atoms with Crippen LogP contribution in [0.5, 0.6) is 0 Å². The average Bonchev–Trinajstić information content (AvgIpc) is 2.61. The van der Waals surface area contributed by atoms with Crippen molar-refractivity contribution >= 4 is 12.2 Å². The molecule has 1 heterocycles. The van der Waals surface area contributed by atoms with Crippen LogP contribution >= 0.6 is 0 Å².